The molecule has 11 heteroatoms. The van der Waals surface area contributed by atoms with E-state index in [1.54, 1.807) is 12.3 Å². The van der Waals surface area contributed by atoms with Crippen molar-refractivity contribution in [2.75, 3.05) is 23.3 Å². The Morgan fingerprint density at radius 2 is 1.76 bits per heavy atom. The van der Waals surface area contributed by atoms with Crippen molar-refractivity contribution in [3.8, 4) is 11.3 Å². The monoisotopic (exact) mass is 568 g/mol. The number of pyridine rings is 1. The number of hydrogen-bond acceptors (Lipinski definition) is 7. The molecule has 218 valence electrons. The Morgan fingerprint density at radius 3 is 2.51 bits per heavy atom. The van der Waals surface area contributed by atoms with Crippen LogP contribution in [0.3, 0.4) is 0 Å². The van der Waals surface area contributed by atoms with E-state index in [0.29, 0.717) is 35.6 Å². The van der Waals surface area contributed by atoms with Crippen LogP contribution >= 0.6 is 0 Å². The number of nitrogens with one attached hydrogen (secondary N) is 3. The van der Waals surface area contributed by atoms with Crippen LogP contribution < -0.4 is 20.9 Å². The minimum atomic E-state index is -4.44. The largest absolute Gasteiger partial charge is 0.433 e. The first-order chi connectivity index (χ1) is 19.8. The Kier molecular flexibility index (Phi) is 7.88. The smallest absolute Gasteiger partial charge is 0.424 e. The van der Waals surface area contributed by atoms with E-state index in [0.717, 1.165) is 69.5 Å². The Labute approximate surface area is 237 Å². The molecule has 0 spiro atoms. The third-order valence-corrected chi connectivity index (χ3v) is 8.18. The average molecular weight is 569 g/mol. The van der Waals surface area contributed by atoms with Crippen LogP contribution in [0.25, 0.3) is 11.3 Å². The van der Waals surface area contributed by atoms with E-state index in [-0.39, 0.29) is 24.0 Å². The van der Waals surface area contributed by atoms with Crippen LogP contribution in [-0.2, 0) is 6.18 Å². The van der Waals surface area contributed by atoms with Crippen LogP contribution in [0.1, 0.15) is 67.4 Å². The van der Waals surface area contributed by atoms with Gasteiger partial charge in [0.05, 0.1) is 18.1 Å². The van der Waals surface area contributed by atoms with Gasteiger partial charge in [-0.25, -0.2) is 9.97 Å². The molecule has 6 rings (SSSR count). The number of hydrogen-bond donors (Lipinski definition) is 3. The lowest BCUT2D eigenvalue weighted by atomic mass is 9.89. The molecule has 8 nitrogen and oxygen atoms in total. The van der Waals surface area contributed by atoms with Gasteiger partial charge in [0.1, 0.15) is 5.69 Å². The van der Waals surface area contributed by atoms with E-state index in [2.05, 4.69) is 30.8 Å². The summed E-state index contributed by atoms with van der Waals surface area (Å²) < 4.78 is 44.9. The SMILES string of the molecule is O=C(NC1CC1)c1cccc(-c2cnc(N[C@@H]3CCCC[C@H]3NC3CCCN(c4ccc(C(F)(F)F)nc4)C3)o2)c1. The van der Waals surface area contributed by atoms with E-state index in [9.17, 15) is 18.0 Å². The zero-order chi connectivity index (χ0) is 28.4. The van der Waals surface area contributed by atoms with Crippen LogP contribution in [0.4, 0.5) is 24.9 Å². The van der Waals surface area contributed by atoms with Gasteiger partial charge in [-0.3, -0.25) is 4.79 Å². The fourth-order valence-corrected chi connectivity index (χ4v) is 5.84. The molecule has 3 fully saturated rings. The van der Waals surface area contributed by atoms with Crippen molar-refractivity contribution >= 4 is 17.6 Å². The van der Waals surface area contributed by atoms with Crippen LogP contribution in [0.2, 0.25) is 0 Å². The van der Waals surface area contributed by atoms with Crippen molar-refractivity contribution in [3.05, 3.63) is 60.0 Å². The van der Waals surface area contributed by atoms with Crippen molar-refractivity contribution in [2.24, 2.45) is 0 Å². The first kappa shape index (κ1) is 27.6. The molecular formula is C30H35F3N6O2. The maximum Gasteiger partial charge on any atom is 0.433 e. The predicted octanol–water partition coefficient (Wildman–Crippen LogP) is 5.63. The van der Waals surface area contributed by atoms with E-state index < -0.39 is 11.9 Å². The maximum absolute atomic E-state index is 12.9. The fourth-order valence-electron chi connectivity index (χ4n) is 5.84. The first-order valence-electron chi connectivity index (χ1n) is 14.5. The number of nitrogens with zero attached hydrogens (tertiary/aromatic N) is 3. The summed E-state index contributed by atoms with van der Waals surface area (Å²) in [4.78, 5) is 22.7. The lowest BCUT2D eigenvalue weighted by Gasteiger charge is -2.40. The van der Waals surface area contributed by atoms with Crippen molar-refractivity contribution in [1.29, 1.82) is 0 Å². The molecule has 3 aromatic rings. The lowest BCUT2D eigenvalue weighted by Crippen LogP contribution is -2.54. The van der Waals surface area contributed by atoms with Gasteiger partial charge in [0, 0.05) is 48.4 Å². The second-order valence-corrected chi connectivity index (χ2v) is 11.4. The number of halogens is 3. The molecule has 3 heterocycles. The standard InChI is InChI=1S/C30H35F3N6O2/c31-30(32,33)27-13-12-23(16-34-27)39-14-4-7-22(18-39)36-24-8-1-2-9-25(24)38-29-35-17-26(41-29)19-5-3-6-20(15-19)28(40)37-21-10-11-21/h3,5-6,12-13,15-17,21-22,24-25,36H,1-2,4,7-11,14,18H2,(H,35,38)(H,37,40)/t22?,24-,25-/m1/s1. The number of aromatic nitrogens is 2. The molecule has 1 saturated heterocycles. The average Bonchev–Trinajstić information content (AvgIpc) is 3.67. The number of carbonyl (C=O) groups is 1. The van der Waals surface area contributed by atoms with Gasteiger partial charge in [-0.15, -0.1) is 0 Å². The van der Waals surface area contributed by atoms with Gasteiger partial charge in [0.25, 0.3) is 11.9 Å². The maximum atomic E-state index is 12.9. The van der Waals surface area contributed by atoms with Crippen molar-refractivity contribution in [3.63, 3.8) is 0 Å². The minimum Gasteiger partial charge on any atom is -0.424 e. The normalized spacial score (nSPS) is 23.3. The fraction of sp³-hybridized carbons (Fsp3) is 0.500. The van der Waals surface area contributed by atoms with Gasteiger partial charge in [0.2, 0.25) is 0 Å². The molecule has 0 bridgehead atoms. The molecule has 0 radical (unpaired) electrons. The zero-order valence-corrected chi connectivity index (χ0v) is 22.8. The molecule has 2 aromatic heterocycles. The second kappa shape index (κ2) is 11.7. The zero-order valence-electron chi connectivity index (χ0n) is 22.8. The van der Waals surface area contributed by atoms with Crippen molar-refractivity contribution < 1.29 is 22.4 Å². The van der Waals surface area contributed by atoms with Gasteiger partial charge in [-0.1, -0.05) is 25.0 Å². The number of carbonyl (C=O) groups excluding carboxylic acids is 1. The number of amides is 1. The Morgan fingerprint density at radius 1 is 0.927 bits per heavy atom. The van der Waals surface area contributed by atoms with E-state index in [4.69, 9.17) is 4.42 Å². The molecule has 3 atom stereocenters. The number of benzene rings is 1. The summed E-state index contributed by atoms with van der Waals surface area (Å²) in [5.74, 6) is 0.529. The number of piperidine rings is 1. The lowest BCUT2D eigenvalue weighted by molar-refractivity contribution is -0.141. The van der Waals surface area contributed by atoms with E-state index in [1.165, 1.54) is 12.3 Å². The van der Waals surface area contributed by atoms with Gasteiger partial charge in [-0.05, 0) is 62.8 Å². The number of alkyl halides is 3. The van der Waals surface area contributed by atoms with Gasteiger partial charge >= 0.3 is 6.18 Å². The molecule has 2 saturated carbocycles. The van der Waals surface area contributed by atoms with Crippen molar-refractivity contribution in [1.82, 2.24) is 20.6 Å². The molecule has 3 N–H and O–H groups in total. The molecule has 1 aliphatic heterocycles. The molecular weight excluding hydrogens is 533 g/mol. The van der Waals surface area contributed by atoms with E-state index in [1.807, 2.05) is 18.2 Å². The highest BCUT2D eigenvalue weighted by molar-refractivity contribution is 5.95. The van der Waals surface area contributed by atoms with Gasteiger partial charge < -0.3 is 25.3 Å². The highest BCUT2D eigenvalue weighted by atomic mass is 19.4. The van der Waals surface area contributed by atoms with Crippen LogP contribution in [0.5, 0.6) is 0 Å². The summed E-state index contributed by atoms with van der Waals surface area (Å²) in [6.45, 7) is 1.50. The number of anilines is 2. The van der Waals surface area contributed by atoms with Gasteiger partial charge in [0.15, 0.2) is 5.76 Å². The van der Waals surface area contributed by atoms with Crippen LogP contribution in [0.15, 0.2) is 53.2 Å². The summed E-state index contributed by atoms with van der Waals surface area (Å²) in [7, 11) is 0. The molecule has 3 aliphatic rings. The third-order valence-electron chi connectivity index (χ3n) is 8.18. The predicted molar refractivity (Wildman–Crippen MR) is 150 cm³/mol. The quantitative estimate of drug-likeness (QED) is 0.324. The Balaban J connectivity index is 1.07. The summed E-state index contributed by atoms with van der Waals surface area (Å²) in [5, 5.41) is 10.3. The Bertz CT molecular complexity index is 1340. The van der Waals surface area contributed by atoms with Crippen LogP contribution in [0, 0.1) is 0 Å². The van der Waals surface area contributed by atoms with Gasteiger partial charge in [-0.2, -0.15) is 13.2 Å². The summed E-state index contributed by atoms with van der Waals surface area (Å²) in [6.07, 6.45) is 6.82. The number of rotatable bonds is 8. The molecule has 1 amide bonds. The van der Waals surface area contributed by atoms with E-state index >= 15 is 0 Å². The topological polar surface area (TPSA) is 95.3 Å². The third kappa shape index (κ3) is 6.83. The van der Waals surface area contributed by atoms with Crippen LogP contribution in [-0.4, -0.2) is 53.1 Å². The molecule has 41 heavy (non-hydrogen) atoms. The molecule has 1 aromatic carbocycles. The first-order valence-corrected chi connectivity index (χ1v) is 14.5. The second-order valence-electron chi connectivity index (χ2n) is 11.4. The number of oxazole rings is 1. The molecule has 2 aliphatic carbocycles. The summed E-state index contributed by atoms with van der Waals surface area (Å²) >= 11 is 0. The molecule has 1 unspecified atom stereocenters. The van der Waals surface area contributed by atoms with Crippen molar-refractivity contribution in [2.45, 2.75) is 81.7 Å². The summed E-state index contributed by atoms with van der Waals surface area (Å²) in [5.41, 5.74) is 1.24. The Hall–Kier alpha value is -3.60. The highest BCUT2D eigenvalue weighted by Crippen LogP contribution is 2.30. The highest BCUT2D eigenvalue weighted by Gasteiger charge is 2.33. The summed E-state index contributed by atoms with van der Waals surface area (Å²) in [6, 6.07) is 11.3. The minimum absolute atomic E-state index is 0.0702.